The van der Waals surface area contributed by atoms with E-state index in [1.54, 1.807) is 51.1 Å². The fourth-order valence-corrected chi connectivity index (χ4v) is 8.67. The Labute approximate surface area is 344 Å². The lowest BCUT2D eigenvalue weighted by Crippen LogP contribution is -2.63. The van der Waals surface area contributed by atoms with Gasteiger partial charge in [-0.1, -0.05) is 44.6 Å². The summed E-state index contributed by atoms with van der Waals surface area (Å²) in [6.07, 6.45) is -2.34. The minimum Gasteiger partial charge on any atom is -0.462 e. The van der Waals surface area contributed by atoms with Crippen LogP contribution in [0.1, 0.15) is 67.2 Å². The molecule has 3 saturated heterocycles. The van der Waals surface area contributed by atoms with Gasteiger partial charge in [-0.25, -0.2) is 0 Å². The number of hydrogen-bond acceptors (Lipinski definition) is 15. The minimum atomic E-state index is -1.21. The zero-order chi connectivity index (χ0) is 42.8. The summed E-state index contributed by atoms with van der Waals surface area (Å²) in [6.45, 7) is 15.6. The van der Waals surface area contributed by atoms with Gasteiger partial charge in [-0.15, -0.1) is 6.58 Å². The highest BCUT2D eigenvalue weighted by Gasteiger charge is 2.48. The van der Waals surface area contributed by atoms with Crippen LogP contribution in [-0.2, 0) is 52.2 Å². The molecule has 4 aliphatic rings. The quantitative estimate of drug-likeness (QED) is 0.216. The van der Waals surface area contributed by atoms with E-state index in [2.05, 4.69) is 6.58 Å². The van der Waals surface area contributed by atoms with Crippen LogP contribution < -0.4 is 0 Å². The summed E-state index contributed by atoms with van der Waals surface area (Å²) in [6, 6.07) is -0.672. The SMILES string of the molecule is C=CC1COCC[C@H]2C[C@@H](C)C(=O)C=CC(C)=C[C@H](CO[C@@H]3OC(C)[C@@H](O)[C@H](OC)C3OC)[C@@H](CC)OC(=O)C[C@@H](O1)[C@H](C)[C@H]2O[C@@H]1OC(C)[C@@H](O)C(N(C)C)C1O. The van der Waals surface area contributed by atoms with Crippen LogP contribution in [0, 0.1) is 23.7 Å². The van der Waals surface area contributed by atoms with E-state index in [4.69, 9.17) is 42.6 Å². The number of fused-ring (bicyclic) bond motifs is 3. The predicted molar refractivity (Wildman–Crippen MR) is 213 cm³/mol. The monoisotopic (exact) mass is 825 g/mol. The Bertz CT molecular complexity index is 1380. The molecule has 4 heterocycles. The van der Waals surface area contributed by atoms with Crippen molar-refractivity contribution in [2.45, 2.75) is 153 Å². The number of methoxy groups -OCH3 is 2. The van der Waals surface area contributed by atoms with Gasteiger partial charge in [0, 0.05) is 38.6 Å². The molecule has 4 rings (SSSR count). The van der Waals surface area contributed by atoms with Crippen molar-refractivity contribution >= 4 is 11.8 Å². The molecule has 0 aromatic rings. The van der Waals surface area contributed by atoms with Gasteiger partial charge >= 0.3 is 5.97 Å². The number of ether oxygens (including phenoxy) is 9. The molecule has 0 radical (unpaired) electrons. The molecule has 0 aromatic carbocycles. The van der Waals surface area contributed by atoms with Crippen molar-refractivity contribution in [1.29, 1.82) is 0 Å². The van der Waals surface area contributed by atoms with Crippen molar-refractivity contribution < 1.29 is 67.5 Å². The molecule has 4 aliphatic heterocycles. The van der Waals surface area contributed by atoms with Gasteiger partial charge in [0.2, 0.25) is 0 Å². The number of nitrogens with zero attached hydrogens (tertiary/aromatic N) is 1. The summed E-state index contributed by atoms with van der Waals surface area (Å²) in [5.41, 5.74) is 0.765. The van der Waals surface area contributed by atoms with Crippen LogP contribution in [0.2, 0.25) is 0 Å². The standard InChI is InChI=1S/C43H71NO14/c1-12-30-22-52-17-16-28-19-24(4)31(45)15-14-23(3)18-29(21-53-43-41(51-11)40(50-10)37(48)27(7)55-43)32(13-2)57-34(46)20-33(56-30)25(5)39(28)58-42-38(49)35(44(8)9)36(47)26(6)54-42/h12,14-15,18,24-30,32-33,35-43,47-49H,1,13,16-17,19-22H2,2-11H3/t24-,25+,26?,27?,28+,29-,30?,32-,33-,35?,36-,37-,38?,39-,40+,41?,42+,43-/m1/s1. The normalized spacial score (nSPS) is 42.8. The largest absolute Gasteiger partial charge is 0.462 e. The second-order valence-corrected chi connectivity index (χ2v) is 16.7. The summed E-state index contributed by atoms with van der Waals surface area (Å²) < 4.78 is 55.4. The molecule has 3 N–H and O–H groups in total. The van der Waals surface area contributed by atoms with Gasteiger partial charge in [0.05, 0.1) is 62.3 Å². The lowest BCUT2D eigenvalue weighted by molar-refractivity contribution is -0.306. The molecule has 18 atom stereocenters. The van der Waals surface area contributed by atoms with Crippen LogP contribution in [0.25, 0.3) is 0 Å². The van der Waals surface area contributed by atoms with E-state index in [0.717, 1.165) is 5.57 Å². The van der Waals surface area contributed by atoms with Crippen LogP contribution in [0.15, 0.2) is 36.5 Å². The molecule has 0 spiro atoms. The number of carbonyl (C=O) groups excluding carboxylic acids is 2. The van der Waals surface area contributed by atoms with Crippen LogP contribution in [0.3, 0.4) is 0 Å². The van der Waals surface area contributed by atoms with Crippen molar-refractivity contribution in [3.05, 3.63) is 36.5 Å². The second kappa shape index (κ2) is 22.6. The number of aliphatic hydroxyl groups excluding tert-OH is 3. The first kappa shape index (κ1) is 48.5. The van der Waals surface area contributed by atoms with Crippen LogP contribution in [-0.4, -0.2) is 166 Å². The molecule has 332 valence electrons. The summed E-state index contributed by atoms with van der Waals surface area (Å²) >= 11 is 0. The molecule has 58 heavy (non-hydrogen) atoms. The van der Waals surface area contributed by atoms with Gasteiger partial charge < -0.3 is 62.9 Å². The number of rotatable bonds is 10. The first-order valence-corrected chi connectivity index (χ1v) is 20.8. The molecule has 3 fully saturated rings. The van der Waals surface area contributed by atoms with Crippen LogP contribution >= 0.6 is 0 Å². The number of ketones is 1. The molecule has 0 aliphatic carbocycles. The molecule has 0 amide bonds. The van der Waals surface area contributed by atoms with E-state index in [1.165, 1.54) is 14.2 Å². The van der Waals surface area contributed by atoms with Crippen molar-refractivity contribution in [3.8, 4) is 0 Å². The third-order valence-corrected chi connectivity index (χ3v) is 12.2. The highest BCUT2D eigenvalue weighted by atomic mass is 16.7. The summed E-state index contributed by atoms with van der Waals surface area (Å²) in [5, 5.41) is 33.2. The van der Waals surface area contributed by atoms with Crippen molar-refractivity contribution in [2.75, 3.05) is 48.1 Å². The number of likely N-dealkylation sites (N-methyl/N-ethyl adjacent to an activating group) is 1. The smallest absolute Gasteiger partial charge is 0.308 e. The molecule has 6 unspecified atom stereocenters. The van der Waals surface area contributed by atoms with Crippen molar-refractivity contribution in [2.24, 2.45) is 23.7 Å². The Balaban J connectivity index is 1.72. The summed E-state index contributed by atoms with van der Waals surface area (Å²) in [4.78, 5) is 29.7. The average molecular weight is 826 g/mol. The van der Waals surface area contributed by atoms with E-state index in [0.29, 0.717) is 25.9 Å². The van der Waals surface area contributed by atoms with E-state index >= 15 is 0 Å². The van der Waals surface area contributed by atoms with Gasteiger partial charge in [-0.05, 0) is 66.1 Å². The van der Waals surface area contributed by atoms with E-state index in [9.17, 15) is 24.9 Å². The number of esters is 1. The second-order valence-electron chi connectivity index (χ2n) is 16.7. The van der Waals surface area contributed by atoms with Crippen molar-refractivity contribution in [3.63, 3.8) is 0 Å². The topological polar surface area (TPSA) is 181 Å². The number of hydrogen-bond donors (Lipinski definition) is 3. The number of cyclic esters (lactones) is 1. The zero-order valence-corrected chi connectivity index (χ0v) is 36.1. The number of aliphatic hydroxyl groups is 3. The first-order chi connectivity index (χ1) is 27.5. The Hall–Kier alpha value is -2.12. The Morgan fingerprint density at radius 1 is 0.914 bits per heavy atom. The average Bonchev–Trinajstić information content (AvgIpc) is 3.18. The van der Waals surface area contributed by atoms with E-state index < -0.39 is 109 Å². The highest BCUT2D eigenvalue weighted by Crippen LogP contribution is 2.36. The lowest BCUT2D eigenvalue weighted by Gasteiger charge is -2.47. The molecule has 2 bridgehead atoms. The lowest BCUT2D eigenvalue weighted by atomic mass is 9.79. The summed E-state index contributed by atoms with van der Waals surface area (Å²) in [5.74, 6) is -2.25. The number of carbonyl (C=O) groups is 2. The Morgan fingerprint density at radius 2 is 1.59 bits per heavy atom. The maximum atomic E-state index is 14.2. The molecule has 15 heteroatoms. The Kier molecular flexibility index (Phi) is 19.0. The summed E-state index contributed by atoms with van der Waals surface area (Å²) in [7, 11) is 6.54. The maximum Gasteiger partial charge on any atom is 0.308 e. The molecular formula is C43H71NO14. The minimum absolute atomic E-state index is 0.0552. The molecule has 15 nitrogen and oxygen atoms in total. The number of allylic oxidation sites excluding steroid dienone is 3. The highest BCUT2D eigenvalue weighted by molar-refractivity contribution is 5.91. The third-order valence-electron chi connectivity index (χ3n) is 12.2. The fourth-order valence-electron chi connectivity index (χ4n) is 8.67. The first-order valence-electron chi connectivity index (χ1n) is 20.8. The molecule has 0 aromatic heterocycles. The predicted octanol–water partition coefficient (Wildman–Crippen LogP) is 2.97. The van der Waals surface area contributed by atoms with E-state index in [1.807, 2.05) is 33.8 Å². The van der Waals surface area contributed by atoms with Gasteiger partial charge in [0.25, 0.3) is 0 Å². The Morgan fingerprint density at radius 3 is 2.22 bits per heavy atom. The van der Waals surface area contributed by atoms with E-state index in [-0.39, 0.29) is 31.3 Å². The molecule has 0 saturated carbocycles. The third kappa shape index (κ3) is 12.3. The van der Waals surface area contributed by atoms with Crippen molar-refractivity contribution in [1.82, 2.24) is 4.90 Å². The van der Waals surface area contributed by atoms with Gasteiger partial charge in [0.1, 0.15) is 30.5 Å². The van der Waals surface area contributed by atoms with Gasteiger partial charge in [-0.3, -0.25) is 9.59 Å². The maximum absolute atomic E-state index is 14.2. The van der Waals surface area contributed by atoms with Crippen LogP contribution in [0.4, 0.5) is 0 Å². The van der Waals surface area contributed by atoms with Gasteiger partial charge in [-0.2, -0.15) is 0 Å². The van der Waals surface area contributed by atoms with Crippen LogP contribution in [0.5, 0.6) is 0 Å². The van der Waals surface area contributed by atoms with Gasteiger partial charge in [0.15, 0.2) is 18.4 Å². The molecular weight excluding hydrogens is 754 g/mol. The fraction of sp³-hybridized carbons (Fsp3) is 0.814. The zero-order valence-electron chi connectivity index (χ0n) is 36.1.